The predicted octanol–water partition coefficient (Wildman–Crippen LogP) is 4.82. The molecular formula is C27H27ClN4O5S. The fourth-order valence-electron chi connectivity index (χ4n) is 4.18. The summed E-state index contributed by atoms with van der Waals surface area (Å²) >= 11 is 6.40. The van der Waals surface area contributed by atoms with Crippen molar-refractivity contribution in [1.29, 1.82) is 0 Å². The summed E-state index contributed by atoms with van der Waals surface area (Å²) in [4.78, 5) is 28.6. The molecule has 0 saturated carbocycles. The third-order valence-corrected chi connectivity index (χ3v) is 8.32. The van der Waals surface area contributed by atoms with Gasteiger partial charge in [0.15, 0.2) is 0 Å². The highest BCUT2D eigenvalue weighted by molar-refractivity contribution is 7.89. The van der Waals surface area contributed by atoms with E-state index in [1.165, 1.54) is 19.2 Å². The number of hydrogen-bond acceptors (Lipinski definition) is 5. The molecule has 4 aromatic rings. The lowest BCUT2D eigenvalue weighted by Gasteiger charge is -2.19. The maximum atomic E-state index is 12.9. The molecule has 0 aliphatic heterocycles. The van der Waals surface area contributed by atoms with Gasteiger partial charge in [-0.15, -0.1) is 0 Å². The highest BCUT2D eigenvalue weighted by Crippen LogP contribution is 2.28. The average Bonchev–Trinajstić information content (AvgIpc) is 3.25. The van der Waals surface area contributed by atoms with Crippen LogP contribution < -0.4 is 5.32 Å². The van der Waals surface area contributed by atoms with Crippen molar-refractivity contribution in [1.82, 2.24) is 19.2 Å². The summed E-state index contributed by atoms with van der Waals surface area (Å²) in [5.74, 6) is 0.479. The standard InChI is InChI=1S/C27H27ClN4O5S/c1-4-25-30-23-15-21(26(33)29-3)22(28)16-24(23)32(25)19-9-7-18(8-10-19)13-14-31(27(34)35)38(36,37)20-11-5-17(2)6-12-20/h5-12,15-16H,4,13-14H2,1-3H3,(H,29,33)(H,34,35). The van der Waals surface area contributed by atoms with E-state index in [-0.39, 0.29) is 23.8 Å². The number of benzene rings is 3. The lowest BCUT2D eigenvalue weighted by Crippen LogP contribution is -2.37. The first-order valence-electron chi connectivity index (χ1n) is 11.9. The molecule has 0 aliphatic rings. The second-order valence-corrected chi connectivity index (χ2v) is 11.0. The summed E-state index contributed by atoms with van der Waals surface area (Å²) in [6.45, 7) is 3.57. The number of hydrogen-bond donors (Lipinski definition) is 2. The molecule has 11 heteroatoms. The van der Waals surface area contributed by atoms with Crippen LogP contribution >= 0.6 is 11.6 Å². The van der Waals surface area contributed by atoms with Gasteiger partial charge in [0, 0.05) is 25.7 Å². The fraction of sp³-hybridized carbons (Fsp3) is 0.222. The summed E-state index contributed by atoms with van der Waals surface area (Å²) in [5.41, 5.74) is 4.16. The Bertz CT molecular complexity index is 1610. The molecule has 0 aliphatic carbocycles. The summed E-state index contributed by atoms with van der Waals surface area (Å²) in [6, 6.07) is 16.8. The van der Waals surface area contributed by atoms with E-state index in [1.807, 2.05) is 42.7 Å². The fourth-order valence-corrected chi connectivity index (χ4v) is 5.70. The van der Waals surface area contributed by atoms with E-state index < -0.39 is 16.1 Å². The van der Waals surface area contributed by atoms with Crippen LogP contribution in [0.3, 0.4) is 0 Å². The molecule has 1 heterocycles. The van der Waals surface area contributed by atoms with Crippen molar-refractivity contribution in [2.24, 2.45) is 0 Å². The number of halogens is 1. The van der Waals surface area contributed by atoms with Crippen molar-refractivity contribution in [3.8, 4) is 5.69 Å². The van der Waals surface area contributed by atoms with Gasteiger partial charge >= 0.3 is 6.09 Å². The Morgan fingerprint density at radius 2 is 1.74 bits per heavy atom. The molecule has 2 N–H and O–H groups in total. The number of rotatable bonds is 8. The zero-order valence-electron chi connectivity index (χ0n) is 21.1. The van der Waals surface area contributed by atoms with E-state index in [1.54, 1.807) is 24.3 Å². The summed E-state index contributed by atoms with van der Waals surface area (Å²) < 4.78 is 28.3. The second kappa shape index (κ2) is 10.8. The van der Waals surface area contributed by atoms with Gasteiger partial charge in [0.2, 0.25) is 0 Å². The lowest BCUT2D eigenvalue weighted by atomic mass is 10.1. The third-order valence-electron chi connectivity index (χ3n) is 6.22. The van der Waals surface area contributed by atoms with Crippen LogP contribution in [0, 0.1) is 6.92 Å². The topological polar surface area (TPSA) is 122 Å². The predicted molar refractivity (Wildman–Crippen MR) is 146 cm³/mol. The second-order valence-electron chi connectivity index (χ2n) is 8.71. The van der Waals surface area contributed by atoms with Crippen molar-refractivity contribution >= 4 is 44.7 Å². The number of aryl methyl sites for hydroxylation is 2. The van der Waals surface area contributed by atoms with E-state index in [0.717, 1.165) is 28.2 Å². The van der Waals surface area contributed by atoms with Crippen LogP contribution in [0.4, 0.5) is 4.79 Å². The van der Waals surface area contributed by atoms with Gasteiger partial charge in [-0.05, 0) is 55.3 Å². The summed E-state index contributed by atoms with van der Waals surface area (Å²) in [7, 11) is -2.66. The van der Waals surface area contributed by atoms with E-state index >= 15 is 0 Å². The van der Waals surface area contributed by atoms with Gasteiger partial charge in [0.25, 0.3) is 15.9 Å². The van der Waals surface area contributed by atoms with E-state index in [4.69, 9.17) is 11.6 Å². The minimum Gasteiger partial charge on any atom is -0.464 e. The van der Waals surface area contributed by atoms with Crippen LogP contribution in [0.25, 0.3) is 16.7 Å². The normalized spacial score (nSPS) is 11.5. The Morgan fingerprint density at radius 1 is 1.08 bits per heavy atom. The van der Waals surface area contributed by atoms with Crippen LogP contribution in [-0.2, 0) is 22.9 Å². The van der Waals surface area contributed by atoms with Gasteiger partial charge in [-0.25, -0.2) is 22.5 Å². The van der Waals surface area contributed by atoms with Crippen LogP contribution in [0.2, 0.25) is 5.02 Å². The highest BCUT2D eigenvalue weighted by atomic mass is 35.5. The first-order chi connectivity index (χ1) is 18.1. The Labute approximate surface area is 225 Å². The molecular weight excluding hydrogens is 528 g/mol. The zero-order chi connectivity index (χ0) is 27.6. The minimum atomic E-state index is -4.20. The lowest BCUT2D eigenvalue weighted by molar-refractivity contribution is 0.0963. The van der Waals surface area contributed by atoms with Gasteiger partial charge < -0.3 is 10.4 Å². The quantitative estimate of drug-likeness (QED) is 0.322. The number of sulfonamides is 1. The molecule has 0 fully saturated rings. The van der Waals surface area contributed by atoms with Crippen molar-refractivity contribution in [3.63, 3.8) is 0 Å². The van der Waals surface area contributed by atoms with Crippen LogP contribution in [-0.4, -0.2) is 53.0 Å². The van der Waals surface area contributed by atoms with Crippen LogP contribution in [0.1, 0.15) is 34.2 Å². The number of aromatic nitrogens is 2. The van der Waals surface area contributed by atoms with Crippen molar-refractivity contribution in [2.45, 2.75) is 31.6 Å². The highest BCUT2D eigenvalue weighted by Gasteiger charge is 2.28. The first kappa shape index (κ1) is 27.2. The Hall–Kier alpha value is -3.89. The maximum Gasteiger partial charge on any atom is 0.421 e. The smallest absolute Gasteiger partial charge is 0.421 e. The van der Waals surface area contributed by atoms with Gasteiger partial charge in [0.05, 0.1) is 26.5 Å². The van der Waals surface area contributed by atoms with Crippen LogP contribution in [0.5, 0.6) is 0 Å². The number of imidazole rings is 1. The number of carbonyl (C=O) groups excluding carboxylic acids is 1. The molecule has 0 radical (unpaired) electrons. The van der Waals surface area contributed by atoms with E-state index in [0.29, 0.717) is 26.8 Å². The number of nitrogens with one attached hydrogen (secondary N) is 1. The number of carbonyl (C=O) groups is 2. The molecule has 38 heavy (non-hydrogen) atoms. The summed E-state index contributed by atoms with van der Waals surface area (Å²) in [5, 5.41) is 12.5. The molecule has 2 amide bonds. The van der Waals surface area contributed by atoms with Gasteiger partial charge in [0.1, 0.15) is 5.82 Å². The average molecular weight is 555 g/mol. The minimum absolute atomic E-state index is 0.0711. The number of nitrogens with zero attached hydrogens (tertiary/aromatic N) is 3. The molecule has 3 aromatic carbocycles. The summed E-state index contributed by atoms with van der Waals surface area (Å²) in [6.07, 6.45) is -0.703. The molecule has 0 atom stereocenters. The molecule has 0 spiro atoms. The number of amides is 2. The van der Waals surface area contributed by atoms with Gasteiger partial charge in [-0.1, -0.05) is 48.4 Å². The van der Waals surface area contributed by atoms with E-state index in [2.05, 4.69) is 10.3 Å². The van der Waals surface area contributed by atoms with Crippen LogP contribution in [0.15, 0.2) is 65.6 Å². The Balaban J connectivity index is 1.60. The zero-order valence-corrected chi connectivity index (χ0v) is 22.7. The van der Waals surface area contributed by atoms with Crippen molar-refractivity contribution < 1.29 is 23.1 Å². The monoisotopic (exact) mass is 554 g/mol. The Morgan fingerprint density at radius 3 is 2.32 bits per heavy atom. The molecule has 0 saturated heterocycles. The van der Waals surface area contributed by atoms with Crippen molar-refractivity contribution in [2.75, 3.05) is 13.6 Å². The Kier molecular flexibility index (Phi) is 7.75. The number of fused-ring (bicyclic) bond motifs is 1. The van der Waals surface area contributed by atoms with Gasteiger partial charge in [-0.2, -0.15) is 0 Å². The molecule has 9 nitrogen and oxygen atoms in total. The maximum absolute atomic E-state index is 12.9. The molecule has 0 bridgehead atoms. The van der Waals surface area contributed by atoms with Crippen molar-refractivity contribution in [3.05, 3.63) is 88.2 Å². The molecule has 198 valence electrons. The SMILES string of the molecule is CCc1nc2cc(C(=O)NC)c(Cl)cc2n1-c1ccc(CCN(C(=O)O)S(=O)(=O)c2ccc(C)cc2)cc1. The van der Waals surface area contributed by atoms with E-state index in [9.17, 15) is 23.1 Å². The van der Waals surface area contributed by atoms with Gasteiger partial charge in [-0.3, -0.25) is 9.36 Å². The third kappa shape index (κ3) is 5.23. The largest absolute Gasteiger partial charge is 0.464 e. The molecule has 4 rings (SSSR count). The molecule has 1 aromatic heterocycles. The first-order valence-corrected chi connectivity index (χ1v) is 13.7. The number of carboxylic acid groups (broad SMARTS) is 1. The molecule has 0 unspecified atom stereocenters.